The van der Waals surface area contributed by atoms with Gasteiger partial charge in [0.05, 0.1) is 13.2 Å². The number of aryl methyl sites for hydroxylation is 2. The van der Waals surface area contributed by atoms with Crippen molar-refractivity contribution in [2.75, 3.05) is 7.11 Å². The van der Waals surface area contributed by atoms with Crippen LogP contribution in [0.1, 0.15) is 40.0 Å². The molecule has 2 aromatic carbocycles. The highest BCUT2D eigenvalue weighted by Crippen LogP contribution is 2.24. The second-order valence-electron chi connectivity index (χ2n) is 5.26. The average molecular weight is 283 g/mol. The summed E-state index contributed by atoms with van der Waals surface area (Å²) in [6, 6.07) is 13.4. The van der Waals surface area contributed by atoms with Crippen LogP contribution in [0.4, 0.5) is 0 Å². The third-order valence-electron chi connectivity index (χ3n) is 3.58. The number of ether oxygens (including phenoxy) is 1. The Morgan fingerprint density at radius 2 is 1.86 bits per heavy atom. The number of amides is 1. The Morgan fingerprint density at radius 1 is 1.14 bits per heavy atom. The number of rotatable bonds is 4. The van der Waals surface area contributed by atoms with Gasteiger partial charge in [0.2, 0.25) is 0 Å². The maximum Gasteiger partial charge on any atom is 0.252 e. The number of carbonyl (C=O) groups excluding carboxylic acids is 1. The fourth-order valence-corrected chi connectivity index (χ4v) is 2.44. The van der Waals surface area contributed by atoms with Crippen molar-refractivity contribution in [1.29, 1.82) is 0 Å². The van der Waals surface area contributed by atoms with E-state index in [0.29, 0.717) is 5.56 Å². The Balaban J connectivity index is 2.19. The molecule has 0 aliphatic carbocycles. The van der Waals surface area contributed by atoms with Crippen molar-refractivity contribution in [3.63, 3.8) is 0 Å². The maximum atomic E-state index is 12.4. The largest absolute Gasteiger partial charge is 0.496 e. The summed E-state index contributed by atoms with van der Waals surface area (Å²) in [6.07, 6.45) is 0. The molecule has 1 N–H and O–H groups in total. The van der Waals surface area contributed by atoms with E-state index in [1.54, 1.807) is 7.11 Å². The monoisotopic (exact) mass is 283 g/mol. The van der Waals surface area contributed by atoms with E-state index in [2.05, 4.69) is 5.32 Å². The molecule has 21 heavy (non-hydrogen) atoms. The minimum absolute atomic E-state index is 0.0640. The highest BCUT2D eigenvalue weighted by atomic mass is 16.5. The Hall–Kier alpha value is -2.29. The van der Waals surface area contributed by atoms with E-state index in [9.17, 15) is 4.79 Å². The molecule has 2 rings (SSSR count). The Labute approximate surface area is 126 Å². The van der Waals surface area contributed by atoms with Crippen molar-refractivity contribution in [2.45, 2.75) is 26.8 Å². The van der Waals surface area contributed by atoms with Crippen molar-refractivity contribution < 1.29 is 9.53 Å². The van der Waals surface area contributed by atoms with Crippen LogP contribution in [0.3, 0.4) is 0 Å². The zero-order chi connectivity index (χ0) is 15.4. The van der Waals surface area contributed by atoms with E-state index in [4.69, 9.17) is 4.74 Å². The molecule has 0 aromatic heterocycles. The van der Waals surface area contributed by atoms with Crippen LogP contribution in [-0.2, 0) is 0 Å². The van der Waals surface area contributed by atoms with Crippen LogP contribution in [0.15, 0.2) is 42.5 Å². The molecular weight excluding hydrogens is 262 g/mol. The molecule has 0 aliphatic heterocycles. The number of hydrogen-bond acceptors (Lipinski definition) is 2. The fraction of sp³-hybridized carbons (Fsp3) is 0.278. The van der Waals surface area contributed by atoms with Gasteiger partial charge in [-0.2, -0.15) is 0 Å². The highest BCUT2D eigenvalue weighted by molar-refractivity contribution is 5.95. The van der Waals surface area contributed by atoms with E-state index in [1.165, 1.54) is 0 Å². The van der Waals surface area contributed by atoms with Gasteiger partial charge in [0.1, 0.15) is 5.75 Å². The summed E-state index contributed by atoms with van der Waals surface area (Å²) >= 11 is 0. The van der Waals surface area contributed by atoms with E-state index < -0.39 is 0 Å². The van der Waals surface area contributed by atoms with Crippen LogP contribution in [0.5, 0.6) is 5.75 Å². The number of methoxy groups -OCH3 is 1. The molecule has 0 bridgehead atoms. The Morgan fingerprint density at radius 3 is 2.52 bits per heavy atom. The van der Waals surface area contributed by atoms with Gasteiger partial charge in [-0.15, -0.1) is 0 Å². The van der Waals surface area contributed by atoms with E-state index >= 15 is 0 Å². The summed E-state index contributed by atoms with van der Waals surface area (Å²) in [7, 11) is 1.64. The number of nitrogens with one attached hydrogen (secondary N) is 1. The van der Waals surface area contributed by atoms with Crippen molar-refractivity contribution in [3.8, 4) is 5.75 Å². The van der Waals surface area contributed by atoms with Gasteiger partial charge in [-0.3, -0.25) is 4.79 Å². The van der Waals surface area contributed by atoms with Crippen LogP contribution < -0.4 is 10.1 Å². The first-order valence-electron chi connectivity index (χ1n) is 7.04. The smallest absolute Gasteiger partial charge is 0.252 e. The molecule has 0 heterocycles. The zero-order valence-electron chi connectivity index (χ0n) is 12.9. The predicted octanol–water partition coefficient (Wildman–Crippen LogP) is 3.80. The molecule has 1 amide bonds. The minimum Gasteiger partial charge on any atom is -0.496 e. The third-order valence-corrected chi connectivity index (χ3v) is 3.58. The predicted molar refractivity (Wildman–Crippen MR) is 84.8 cm³/mol. The summed E-state index contributed by atoms with van der Waals surface area (Å²) in [5.41, 5.74) is 3.82. The lowest BCUT2D eigenvalue weighted by Gasteiger charge is -2.18. The third kappa shape index (κ3) is 3.43. The van der Waals surface area contributed by atoms with Gasteiger partial charge in [0.25, 0.3) is 5.91 Å². The molecule has 0 unspecified atom stereocenters. The lowest BCUT2D eigenvalue weighted by molar-refractivity contribution is 0.0939. The van der Waals surface area contributed by atoms with Gasteiger partial charge >= 0.3 is 0 Å². The molecule has 0 spiro atoms. The summed E-state index contributed by atoms with van der Waals surface area (Å²) in [4.78, 5) is 12.4. The molecule has 1 atom stereocenters. The molecule has 0 fully saturated rings. The van der Waals surface area contributed by atoms with Crippen LogP contribution in [0.25, 0.3) is 0 Å². The number of hydrogen-bond donors (Lipinski definition) is 1. The van der Waals surface area contributed by atoms with E-state index in [-0.39, 0.29) is 11.9 Å². The normalized spacial score (nSPS) is 11.8. The van der Waals surface area contributed by atoms with Gasteiger partial charge in [-0.1, -0.05) is 35.9 Å². The topological polar surface area (TPSA) is 38.3 Å². The average Bonchev–Trinajstić information content (AvgIpc) is 2.46. The first kappa shape index (κ1) is 15.1. The van der Waals surface area contributed by atoms with Crippen molar-refractivity contribution in [3.05, 3.63) is 64.7 Å². The Kier molecular flexibility index (Phi) is 4.63. The maximum absolute atomic E-state index is 12.4. The SMILES string of the molecule is COc1ccccc1[C@H](C)NC(=O)c1ccc(C)cc1C. The molecule has 0 saturated heterocycles. The molecular formula is C18H21NO2. The Bertz CT molecular complexity index is 649. The summed E-state index contributed by atoms with van der Waals surface area (Å²) in [5.74, 6) is 0.719. The van der Waals surface area contributed by atoms with E-state index in [0.717, 1.165) is 22.4 Å². The van der Waals surface area contributed by atoms with Crippen LogP contribution >= 0.6 is 0 Å². The second-order valence-corrected chi connectivity index (χ2v) is 5.26. The molecule has 0 aliphatic rings. The fourth-order valence-electron chi connectivity index (χ4n) is 2.44. The lowest BCUT2D eigenvalue weighted by atomic mass is 10.0. The molecule has 0 radical (unpaired) electrons. The van der Waals surface area contributed by atoms with Gasteiger partial charge in [-0.25, -0.2) is 0 Å². The van der Waals surface area contributed by atoms with Crippen molar-refractivity contribution in [1.82, 2.24) is 5.32 Å². The molecule has 3 heteroatoms. The van der Waals surface area contributed by atoms with Crippen LogP contribution in [-0.4, -0.2) is 13.0 Å². The lowest BCUT2D eigenvalue weighted by Crippen LogP contribution is -2.27. The molecule has 2 aromatic rings. The molecule has 3 nitrogen and oxygen atoms in total. The molecule has 0 saturated carbocycles. The van der Waals surface area contributed by atoms with Gasteiger partial charge in [0.15, 0.2) is 0 Å². The van der Waals surface area contributed by atoms with Crippen LogP contribution in [0, 0.1) is 13.8 Å². The van der Waals surface area contributed by atoms with Gasteiger partial charge in [-0.05, 0) is 38.5 Å². The summed E-state index contributed by atoms with van der Waals surface area (Å²) < 4.78 is 5.34. The number of carbonyl (C=O) groups is 1. The second kappa shape index (κ2) is 6.44. The van der Waals surface area contributed by atoms with E-state index in [1.807, 2.05) is 63.2 Å². The minimum atomic E-state index is -0.116. The summed E-state index contributed by atoms with van der Waals surface area (Å²) in [6.45, 7) is 5.93. The quantitative estimate of drug-likeness (QED) is 0.926. The highest BCUT2D eigenvalue weighted by Gasteiger charge is 2.15. The molecule has 110 valence electrons. The first-order valence-corrected chi connectivity index (χ1v) is 7.04. The van der Waals surface area contributed by atoms with Gasteiger partial charge in [0, 0.05) is 11.1 Å². The van der Waals surface area contributed by atoms with Gasteiger partial charge < -0.3 is 10.1 Å². The standard InChI is InChI=1S/C18H21NO2/c1-12-9-10-15(13(2)11-12)18(20)19-14(3)16-7-5-6-8-17(16)21-4/h5-11,14H,1-4H3,(H,19,20)/t14-/m0/s1. The number of benzene rings is 2. The van der Waals surface area contributed by atoms with Crippen molar-refractivity contribution in [2.24, 2.45) is 0 Å². The first-order chi connectivity index (χ1) is 10.0. The van der Waals surface area contributed by atoms with Crippen LogP contribution in [0.2, 0.25) is 0 Å². The number of para-hydroxylation sites is 1. The zero-order valence-corrected chi connectivity index (χ0v) is 12.9. The summed E-state index contributed by atoms with van der Waals surface area (Å²) in [5, 5.41) is 3.03. The van der Waals surface area contributed by atoms with Crippen molar-refractivity contribution >= 4 is 5.91 Å².